The zero-order chi connectivity index (χ0) is 17.4. The van der Waals surface area contributed by atoms with Crippen LogP contribution in [0.25, 0.3) is 0 Å². The van der Waals surface area contributed by atoms with Gasteiger partial charge in [0.15, 0.2) is 0 Å². The van der Waals surface area contributed by atoms with Gasteiger partial charge in [0.2, 0.25) is 11.8 Å². The number of nitrogens with two attached hydrogens (primary N) is 1. The largest absolute Gasteiger partial charge is 0.493 e. The van der Waals surface area contributed by atoms with Crippen molar-refractivity contribution < 1.29 is 14.3 Å². The molecule has 7 heteroatoms. The third-order valence-corrected chi connectivity index (χ3v) is 3.15. The van der Waals surface area contributed by atoms with E-state index in [9.17, 15) is 9.59 Å². The Hall–Kier alpha value is -1.79. The number of carbonyl (C=O) groups is 2. The Kier molecular flexibility index (Phi) is 10.1. The molecule has 1 aromatic carbocycles. The normalized spacial score (nSPS) is 11.6. The molecule has 1 atom stereocenters. The summed E-state index contributed by atoms with van der Waals surface area (Å²) in [5.74, 6) is 0.503. The van der Waals surface area contributed by atoms with Crippen LogP contribution in [0.15, 0.2) is 24.3 Å². The smallest absolute Gasteiger partial charge is 0.243 e. The van der Waals surface area contributed by atoms with Crippen LogP contribution in [0.2, 0.25) is 0 Å². The molecule has 0 aliphatic rings. The van der Waals surface area contributed by atoms with Gasteiger partial charge in [0, 0.05) is 11.8 Å². The van der Waals surface area contributed by atoms with Crippen molar-refractivity contribution in [2.75, 3.05) is 18.5 Å². The summed E-state index contributed by atoms with van der Waals surface area (Å²) >= 11 is 0. The molecule has 1 rings (SSSR count). The van der Waals surface area contributed by atoms with E-state index in [-0.39, 0.29) is 36.7 Å². The maximum Gasteiger partial charge on any atom is 0.243 e. The Morgan fingerprint density at radius 2 is 1.88 bits per heavy atom. The first kappa shape index (κ1) is 22.2. The number of rotatable bonds is 8. The van der Waals surface area contributed by atoms with Gasteiger partial charge in [-0.05, 0) is 24.0 Å². The van der Waals surface area contributed by atoms with E-state index in [1.165, 1.54) is 0 Å². The zero-order valence-corrected chi connectivity index (χ0v) is 15.5. The van der Waals surface area contributed by atoms with E-state index in [1.54, 1.807) is 18.2 Å². The second-order valence-corrected chi connectivity index (χ2v) is 6.27. The maximum atomic E-state index is 11.9. The Labute approximate surface area is 149 Å². The lowest BCUT2D eigenvalue weighted by Gasteiger charge is -2.15. The van der Waals surface area contributed by atoms with Crippen LogP contribution in [-0.4, -0.2) is 31.0 Å². The van der Waals surface area contributed by atoms with E-state index in [4.69, 9.17) is 10.5 Å². The van der Waals surface area contributed by atoms with E-state index in [0.29, 0.717) is 24.0 Å². The van der Waals surface area contributed by atoms with Crippen molar-refractivity contribution in [2.45, 2.75) is 33.7 Å². The molecule has 0 saturated heterocycles. The average molecular weight is 358 g/mol. The van der Waals surface area contributed by atoms with Crippen LogP contribution < -0.4 is 21.1 Å². The van der Waals surface area contributed by atoms with Crippen molar-refractivity contribution in [1.29, 1.82) is 0 Å². The highest BCUT2D eigenvalue weighted by Crippen LogP contribution is 2.17. The maximum absolute atomic E-state index is 11.9. The molecule has 0 aliphatic carbocycles. The summed E-state index contributed by atoms with van der Waals surface area (Å²) < 4.78 is 5.61. The van der Waals surface area contributed by atoms with E-state index in [1.807, 2.05) is 19.9 Å². The van der Waals surface area contributed by atoms with Crippen LogP contribution in [0, 0.1) is 11.8 Å². The van der Waals surface area contributed by atoms with Gasteiger partial charge < -0.3 is 21.1 Å². The molecule has 0 fully saturated rings. The van der Waals surface area contributed by atoms with Crippen molar-refractivity contribution in [2.24, 2.45) is 17.6 Å². The molecule has 24 heavy (non-hydrogen) atoms. The minimum atomic E-state index is -0.615. The Bertz CT molecular complexity index is 536. The van der Waals surface area contributed by atoms with Crippen LogP contribution >= 0.6 is 12.4 Å². The molecule has 6 nitrogen and oxygen atoms in total. The van der Waals surface area contributed by atoms with Gasteiger partial charge in [-0.1, -0.05) is 33.8 Å². The van der Waals surface area contributed by atoms with Crippen molar-refractivity contribution in [3.63, 3.8) is 0 Å². The molecule has 0 aliphatic heterocycles. The quantitative estimate of drug-likeness (QED) is 0.664. The molecular weight excluding hydrogens is 330 g/mol. The van der Waals surface area contributed by atoms with E-state index < -0.39 is 6.04 Å². The summed E-state index contributed by atoms with van der Waals surface area (Å²) in [5, 5.41) is 5.25. The van der Waals surface area contributed by atoms with Crippen molar-refractivity contribution in [3.05, 3.63) is 24.3 Å². The van der Waals surface area contributed by atoms with Gasteiger partial charge in [-0.2, -0.15) is 0 Å². The monoisotopic (exact) mass is 357 g/mol. The Morgan fingerprint density at radius 1 is 1.21 bits per heavy atom. The molecule has 0 heterocycles. The molecule has 0 radical (unpaired) electrons. The highest BCUT2D eigenvalue weighted by atomic mass is 35.5. The summed E-state index contributed by atoms with van der Waals surface area (Å²) in [6, 6.07) is 6.54. The summed E-state index contributed by atoms with van der Waals surface area (Å²) in [6.07, 6.45) is 0. The van der Waals surface area contributed by atoms with Crippen molar-refractivity contribution in [1.82, 2.24) is 5.32 Å². The van der Waals surface area contributed by atoms with E-state index >= 15 is 0 Å². The van der Waals surface area contributed by atoms with Crippen LogP contribution in [0.5, 0.6) is 5.75 Å². The lowest BCUT2D eigenvalue weighted by molar-refractivity contribution is -0.125. The van der Waals surface area contributed by atoms with Crippen LogP contribution in [0.1, 0.15) is 27.7 Å². The summed E-state index contributed by atoms with van der Waals surface area (Å²) in [6.45, 7) is 8.34. The first-order valence-corrected chi connectivity index (χ1v) is 7.85. The molecular formula is C17H28ClN3O3. The highest BCUT2D eigenvalue weighted by Gasteiger charge is 2.17. The number of anilines is 1. The third kappa shape index (κ3) is 8.17. The van der Waals surface area contributed by atoms with E-state index in [2.05, 4.69) is 24.5 Å². The molecule has 0 unspecified atom stereocenters. The second-order valence-electron chi connectivity index (χ2n) is 6.27. The number of hydrogen-bond donors (Lipinski definition) is 3. The molecule has 0 bridgehead atoms. The fourth-order valence-corrected chi connectivity index (χ4v) is 1.72. The van der Waals surface area contributed by atoms with Gasteiger partial charge in [0.05, 0.1) is 19.2 Å². The van der Waals surface area contributed by atoms with Crippen molar-refractivity contribution in [3.8, 4) is 5.75 Å². The molecule has 2 amide bonds. The van der Waals surface area contributed by atoms with E-state index in [0.717, 1.165) is 0 Å². The minimum absolute atomic E-state index is 0. The second kappa shape index (κ2) is 10.9. The lowest BCUT2D eigenvalue weighted by atomic mass is 10.1. The molecule has 0 aromatic heterocycles. The van der Waals surface area contributed by atoms with Crippen molar-refractivity contribution >= 4 is 29.9 Å². The fourth-order valence-electron chi connectivity index (χ4n) is 1.72. The molecule has 1 aromatic rings. The number of nitrogens with one attached hydrogen (secondary N) is 2. The molecule has 4 N–H and O–H groups in total. The number of hydrogen-bond acceptors (Lipinski definition) is 4. The van der Waals surface area contributed by atoms with Gasteiger partial charge in [-0.25, -0.2) is 0 Å². The molecule has 0 spiro atoms. The van der Waals surface area contributed by atoms with Crippen LogP contribution in [-0.2, 0) is 9.59 Å². The SMILES string of the molecule is CC(C)COc1cccc(NC(=O)CNC(=O)[C@@H](N)C(C)C)c1.Cl. The number of ether oxygens (including phenoxy) is 1. The first-order valence-electron chi connectivity index (χ1n) is 7.85. The average Bonchev–Trinajstić information content (AvgIpc) is 2.50. The summed E-state index contributed by atoms with van der Waals surface area (Å²) in [5.41, 5.74) is 6.34. The van der Waals surface area contributed by atoms with Gasteiger partial charge in [0.1, 0.15) is 5.75 Å². The number of carbonyl (C=O) groups excluding carboxylic acids is 2. The van der Waals surface area contributed by atoms with Gasteiger partial charge in [-0.15, -0.1) is 12.4 Å². The Balaban J connectivity index is 0.00000529. The standard InChI is InChI=1S/C17H27N3O3.ClH/c1-11(2)10-23-14-7-5-6-13(8-14)20-15(21)9-19-17(22)16(18)12(3)4;/h5-8,11-12,16H,9-10,18H2,1-4H3,(H,19,22)(H,20,21);1H/t16-;/m0./s1. The lowest BCUT2D eigenvalue weighted by Crippen LogP contribution is -2.46. The minimum Gasteiger partial charge on any atom is -0.493 e. The zero-order valence-electron chi connectivity index (χ0n) is 14.7. The van der Waals surface area contributed by atoms with Crippen LogP contribution in [0.4, 0.5) is 5.69 Å². The van der Waals surface area contributed by atoms with Crippen LogP contribution in [0.3, 0.4) is 0 Å². The number of benzene rings is 1. The molecule has 136 valence electrons. The fraction of sp³-hybridized carbons (Fsp3) is 0.529. The summed E-state index contributed by atoms with van der Waals surface area (Å²) in [7, 11) is 0. The Morgan fingerprint density at radius 3 is 2.46 bits per heavy atom. The molecule has 0 saturated carbocycles. The van der Waals surface area contributed by atoms with Gasteiger partial charge >= 0.3 is 0 Å². The number of amides is 2. The highest BCUT2D eigenvalue weighted by molar-refractivity contribution is 5.95. The predicted octanol–water partition coefficient (Wildman–Crippen LogP) is 2.18. The first-order chi connectivity index (χ1) is 10.8. The van der Waals surface area contributed by atoms with Gasteiger partial charge in [0.25, 0.3) is 0 Å². The number of halogens is 1. The third-order valence-electron chi connectivity index (χ3n) is 3.15. The topological polar surface area (TPSA) is 93.5 Å². The summed E-state index contributed by atoms with van der Waals surface area (Å²) in [4.78, 5) is 23.6. The van der Waals surface area contributed by atoms with Gasteiger partial charge in [-0.3, -0.25) is 9.59 Å². The predicted molar refractivity (Wildman–Crippen MR) is 98.5 cm³/mol.